The lowest BCUT2D eigenvalue weighted by molar-refractivity contribution is -0.137. The van der Waals surface area contributed by atoms with Gasteiger partial charge in [-0.15, -0.1) is 0 Å². The number of nitrogens with zero attached hydrogens (tertiary/aromatic N) is 2. The third-order valence-corrected chi connectivity index (χ3v) is 4.17. The monoisotopic (exact) mass is 283 g/mol. The van der Waals surface area contributed by atoms with Crippen molar-refractivity contribution in [3.63, 3.8) is 0 Å². The van der Waals surface area contributed by atoms with E-state index in [9.17, 15) is 9.59 Å². The number of hydrogen-bond acceptors (Lipinski definition) is 3. The van der Waals surface area contributed by atoms with E-state index in [1.54, 1.807) is 0 Å². The summed E-state index contributed by atoms with van der Waals surface area (Å²) in [7, 11) is 0. The van der Waals surface area contributed by atoms with Gasteiger partial charge in [0, 0.05) is 39.1 Å². The Kier molecular flexibility index (Phi) is 5.64. The van der Waals surface area contributed by atoms with Gasteiger partial charge in [-0.1, -0.05) is 0 Å². The van der Waals surface area contributed by atoms with Gasteiger partial charge in [0.2, 0.25) is 0 Å². The summed E-state index contributed by atoms with van der Waals surface area (Å²) in [5.74, 6) is -0.402. The fraction of sp³-hybridized carbons (Fsp3) is 0.857. The number of urea groups is 1. The second-order valence-corrected chi connectivity index (χ2v) is 5.76. The Bertz CT molecular complexity index is 341. The summed E-state index contributed by atoms with van der Waals surface area (Å²) >= 11 is 0. The number of piperidine rings is 1. The van der Waals surface area contributed by atoms with Crippen molar-refractivity contribution >= 4 is 12.0 Å². The topological polar surface area (TPSA) is 72.9 Å². The minimum absolute atomic E-state index is 0.133. The van der Waals surface area contributed by atoms with Gasteiger partial charge in [-0.25, -0.2) is 4.79 Å². The molecule has 0 bridgehead atoms. The number of carbonyl (C=O) groups excluding carboxylic acids is 1. The summed E-state index contributed by atoms with van der Waals surface area (Å²) in [6.07, 6.45) is 3.92. The van der Waals surface area contributed by atoms with Crippen LogP contribution in [0.1, 0.15) is 32.1 Å². The highest BCUT2D eigenvalue weighted by molar-refractivity contribution is 5.74. The predicted octanol–water partition coefficient (Wildman–Crippen LogP) is 0.979. The number of rotatable bonds is 3. The molecule has 2 aliphatic heterocycles. The molecule has 1 unspecified atom stereocenters. The molecule has 1 atom stereocenters. The fourth-order valence-electron chi connectivity index (χ4n) is 3.04. The van der Waals surface area contributed by atoms with E-state index in [1.807, 2.05) is 9.80 Å². The van der Waals surface area contributed by atoms with Crippen LogP contribution in [-0.2, 0) is 4.79 Å². The lowest BCUT2D eigenvalue weighted by atomic mass is 9.93. The Labute approximate surface area is 120 Å². The van der Waals surface area contributed by atoms with Crippen LogP contribution in [0.3, 0.4) is 0 Å². The Hall–Kier alpha value is -1.30. The van der Waals surface area contributed by atoms with E-state index in [0.29, 0.717) is 12.3 Å². The average Bonchev–Trinajstić information content (AvgIpc) is 2.73. The number of likely N-dealkylation sites (tertiary alicyclic amines) is 1. The van der Waals surface area contributed by atoms with E-state index in [0.717, 1.165) is 58.5 Å². The minimum atomic E-state index is -0.743. The quantitative estimate of drug-likeness (QED) is 0.810. The van der Waals surface area contributed by atoms with Gasteiger partial charge in [-0.05, 0) is 38.1 Å². The predicted molar refractivity (Wildman–Crippen MR) is 75.6 cm³/mol. The first-order chi connectivity index (χ1) is 9.66. The molecule has 114 valence electrons. The van der Waals surface area contributed by atoms with Gasteiger partial charge in [0.1, 0.15) is 0 Å². The molecule has 0 aromatic heterocycles. The Morgan fingerprint density at radius 3 is 2.70 bits per heavy atom. The number of hydrogen-bond donors (Lipinski definition) is 2. The molecule has 2 aliphatic rings. The van der Waals surface area contributed by atoms with Gasteiger partial charge < -0.3 is 20.2 Å². The zero-order valence-corrected chi connectivity index (χ0v) is 12.0. The molecule has 0 radical (unpaired) electrons. The molecule has 0 aromatic carbocycles. The summed E-state index contributed by atoms with van der Waals surface area (Å²) in [5.41, 5.74) is 0. The molecular formula is C14H25N3O3. The molecule has 20 heavy (non-hydrogen) atoms. The number of carboxylic acids is 1. The number of aliphatic carboxylic acids is 1. The molecule has 0 spiro atoms. The van der Waals surface area contributed by atoms with Crippen LogP contribution >= 0.6 is 0 Å². The van der Waals surface area contributed by atoms with Crippen molar-refractivity contribution in [1.29, 1.82) is 0 Å². The van der Waals surface area contributed by atoms with Gasteiger partial charge in [0.15, 0.2) is 0 Å². The third-order valence-electron chi connectivity index (χ3n) is 4.17. The minimum Gasteiger partial charge on any atom is -0.481 e. The smallest absolute Gasteiger partial charge is 0.320 e. The molecule has 0 saturated carbocycles. The highest BCUT2D eigenvalue weighted by Gasteiger charge is 2.27. The van der Waals surface area contributed by atoms with Crippen molar-refractivity contribution < 1.29 is 14.7 Å². The number of carbonyl (C=O) groups is 2. The van der Waals surface area contributed by atoms with Crippen molar-refractivity contribution in [2.24, 2.45) is 5.92 Å². The van der Waals surface area contributed by atoms with Gasteiger partial charge >= 0.3 is 12.0 Å². The standard InChI is InChI=1S/C14H25N3O3/c18-13(19)5-4-12-3-1-8-17(11-12)14(20)16-9-2-6-15-7-10-16/h12,15H,1-11H2,(H,18,19). The average molecular weight is 283 g/mol. The largest absolute Gasteiger partial charge is 0.481 e. The van der Waals surface area contributed by atoms with Crippen LogP contribution in [0.2, 0.25) is 0 Å². The Balaban J connectivity index is 1.83. The molecular weight excluding hydrogens is 258 g/mol. The fourth-order valence-corrected chi connectivity index (χ4v) is 3.04. The maximum atomic E-state index is 12.5. The van der Waals surface area contributed by atoms with Crippen LogP contribution in [0.15, 0.2) is 0 Å². The molecule has 2 heterocycles. The van der Waals surface area contributed by atoms with Gasteiger partial charge in [0.05, 0.1) is 0 Å². The van der Waals surface area contributed by atoms with Crippen molar-refractivity contribution in [3.8, 4) is 0 Å². The second-order valence-electron chi connectivity index (χ2n) is 5.76. The maximum absolute atomic E-state index is 12.5. The zero-order valence-electron chi connectivity index (χ0n) is 12.0. The summed E-state index contributed by atoms with van der Waals surface area (Å²) in [6, 6.07) is 0.133. The molecule has 6 heteroatoms. The lowest BCUT2D eigenvalue weighted by Gasteiger charge is -2.36. The van der Waals surface area contributed by atoms with Crippen molar-refractivity contribution in [2.45, 2.75) is 32.1 Å². The van der Waals surface area contributed by atoms with E-state index >= 15 is 0 Å². The van der Waals surface area contributed by atoms with Crippen LogP contribution in [0, 0.1) is 5.92 Å². The maximum Gasteiger partial charge on any atom is 0.320 e. The van der Waals surface area contributed by atoms with Crippen LogP contribution in [-0.4, -0.2) is 66.2 Å². The van der Waals surface area contributed by atoms with Gasteiger partial charge in [0.25, 0.3) is 0 Å². The molecule has 2 fully saturated rings. The van der Waals surface area contributed by atoms with E-state index in [-0.39, 0.29) is 12.5 Å². The summed E-state index contributed by atoms with van der Waals surface area (Å²) in [5, 5.41) is 12.1. The molecule has 2 saturated heterocycles. The highest BCUT2D eigenvalue weighted by Crippen LogP contribution is 2.22. The second kappa shape index (κ2) is 7.47. The summed E-state index contributed by atoms with van der Waals surface area (Å²) in [4.78, 5) is 27.0. The van der Waals surface area contributed by atoms with E-state index in [1.165, 1.54) is 0 Å². The third kappa shape index (κ3) is 4.37. The normalized spacial score (nSPS) is 24.3. The molecule has 2 rings (SSSR count). The molecule has 0 aliphatic carbocycles. The van der Waals surface area contributed by atoms with Crippen LogP contribution in [0.4, 0.5) is 4.79 Å². The molecule has 6 nitrogen and oxygen atoms in total. The first-order valence-electron chi connectivity index (χ1n) is 7.63. The number of carboxylic acid groups (broad SMARTS) is 1. The zero-order chi connectivity index (χ0) is 14.4. The van der Waals surface area contributed by atoms with Crippen LogP contribution < -0.4 is 5.32 Å². The van der Waals surface area contributed by atoms with E-state index < -0.39 is 5.97 Å². The first-order valence-corrected chi connectivity index (χ1v) is 7.63. The Morgan fingerprint density at radius 2 is 1.90 bits per heavy atom. The van der Waals surface area contributed by atoms with Gasteiger partial charge in [-0.2, -0.15) is 0 Å². The van der Waals surface area contributed by atoms with Crippen molar-refractivity contribution in [3.05, 3.63) is 0 Å². The van der Waals surface area contributed by atoms with Gasteiger partial charge in [-0.3, -0.25) is 4.79 Å². The molecule has 2 amide bonds. The van der Waals surface area contributed by atoms with E-state index in [2.05, 4.69) is 5.32 Å². The summed E-state index contributed by atoms with van der Waals surface area (Å²) < 4.78 is 0. The Morgan fingerprint density at radius 1 is 1.10 bits per heavy atom. The molecule has 2 N–H and O–H groups in total. The number of nitrogens with one attached hydrogen (secondary N) is 1. The highest BCUT2D eigenvalue weighted by atomic mass is 16.4. The summed E-state index contributed by atoms with van der Waals surface area (Å²) in [6.45, 7) is 4.96. The first kappa shape index (κ1) is 15.1. The van der Waals surface area contributed by atoms with Crippen LogP contribution in [0.25, 0.3) is 0 Å². The lowest BCUT2D eigenvalue weighted by Crippen LogP contribution is -2.48. The SMILES string of the molecule is O=C(O)CCC1CCCN(C(=O)N2CCCNCC2)C1. The molecule has 0 aromatic rings. The van der Waals surface area contributed by atoms with E-state index in [4.69, 9.17) is 5.11 Å². The number of amides is 2. The van der Waals surface area contributed by atoms with Crippen molar-refractivity contribution in [2.75, 3.05) is 39.3 Å². The van der Waals surface area contributed by atoms with Crippen LogP contribution in [0.5, 0.6) is 0 Å². The van der Waals surface area contributed by atoms with Crippen molar-refractivity contribution in [1.82, 2.24) is 15.1 Å².